The van der Waals surface area contributed by atoms with Crippen molar-refractivity contribution in [3.05, 3.63) is 28.2 Å². The lowest BCUT2D eigenvalue weighted by Crippen LogP contribution is -2.34. The number of nitrogens with zero attached hydrogens (tertiary/aromatic N) is 1. The molecule has 3 heteroatoms. The minimum atomic E-state index is 0.480. The molecule has 0 heterocycles. The second-order valence-electron chi connectivity index (χ2n) is 5.05. The Kier molecular flexibility index (Phi) is 5.81. The van der Waals surface area contributed by atoms with Gasteiger partial charge in [-0.25, -0.2) is 0 Å². The Bertz CT molecular complexity index is 363. The summed E-state index contributed by atoms with van der Waals surface area (Å²) in [5.74, 6) is 1.20. The molecule has 96 valence electrons. The molecule has 0 N–H and O–H groups in total. The highest BCUT2D eigenvalue weighted by molar-refractivity contribution is 9.10. The topological polar surface area (TPSA) is 3.24 Å². The maximum atomic E-state index is 6.03. The van der Waals surface area contributed by atoms with Gasteiger partial charge in [-0.3, -0.25) is 0 Å². The molecule has 17 heavy (non-hydrogen) atoms. The van der Waals surface area contributed by atoms with Crippen LogP contribution in [0.2, 0.25) is 0 Å². The van der Waals surface area contributed by atoms with Crippen molar-refractivity contribution in [1.82, 2.24) is 0 Å². The number of hydrogen-bond donors (Lipinski definition) is 0. The summed E-state index contributed by atoms with van der Waals surface area (Å²) >= 11 is 9.57. The van der Waals surface area contributed by atoms with Crippen molar-refractivity contribution in [2.75, 3.05) is 11.4 Å². The number of anilines is 1. The predicted molar refractivity (Wildman–Crippen MR) is 81.0 cm³/mol. The SMILES string of the molecule is CC(C)CN(c1cc(Br)ccc1CCl)C(C)C. The highest BCUT2D eigenvalue weighted by Crippen LogP contribution is 2.28. The summed E-state index contributed by atoms with van der Waals surface area (Å²) in [7, 11) is 0. The molecular formula is C14H21BrClN. The van der Waals surface area contributed by atoms with Gasteiger partial charge in [0.05, 0.1) is 0 Å². The summed E-state index contributed by atoms with van der Waals surface area (Å²) in [4.78, 5) is 2.42. The quantitative estimate of drug-likeness (QED) is 0.686. The van der Waals surface area contributed by atoms with Crippen molar-refractivity contribution < 1.29 is 0 Å². The van der Waals surface area contributed by atoms with Gasteiger partial charge in [0.25, 0.3) is 0 Å². The summed E-state index contributed by atoms with van der Waals surface area (Å²) in [6.45, 7) is 9.99. The van der Waals surface area contributed by atoms with E-state index in [4.69, 9.17) is 11.6 Å². The van der Waals surface area contributed by atoms with E-state index in [9.17, 15) is 0 Å². The molecule has 0 saturated carbocycles. The Morgan fingerprint density at radius 2 is 1.88 bits per heavy atom. The van der Waals surface area contributed by atoms with Gasteiger partial charge in [-0.05, 0) is 37.5 Å². The first kappa shape index (κ1) is 14.8. The largest absolute Gasteiger partial charge is 0.369 e. The molecule has 0 unspecified atom stereocenters. The van der Waals surface area contributed by atoms with E-state index in [1.54, 1.807) is 0 Å². The zero-order valence-electron chi connectivity index (χ0n) is 11.0. The van der Waals surface area contributed by atoms with Gasteiger partial charge < -0.3 is 4.90 Å². The molecule has 0 radical (unpaired) electrons. The second kappa shape index (κ2) is 6.65. The van der Waals surface area contributed by atoms with Crippen LogP contribution in [0, 0.1) is 5.92 Å². The maximum Gasteiger partial charge on any atom is 0.0494 e. The monoisotopic (exact) mass is 317 g/mol. The van der Waals surface area contributed by atoms with Crippen molar-refractivity contribution in [3.63, 3.8) is 0 Å². The average Bonchev–Trinajstić information content (AvgIpc) is 2.25. The van der Waals surface area contributed by atoms with Crippen LogP contribution in [-0.2, 0) is 5.88 Å². The Labute approximate surface area is 118 Å². The Morgan fingerprint density at radius 1 is 1.24 bits per heavy atom. The molecule has 0 atom stereocenters. The molecule has 0 spiro atoms. The van der Waals surface area contributed by atoms with E-state index in [1.807, 2.05) is 0 Å². The van der Waals surface area contributed by atoms with Crippen LogP contribution in [0.5, 0.6) is 0 Å². The van der Waals surface area contributed by atoms with Crippen molar-refractivity contribution >= 4 is 33.2 Å². The van der Waals surface area contributed by atoms with E-state index in [2.05, 4.69) is 66.7 Å². The van der Waals surface area contributed by atoms with Crippen molar-refractivity contribution in [3.8, 4) is 0 Å². The third kappa shape index (κ3) is 4.18. The molecular weight excluding hydrogens is 298 g/mol. The molecule has 1 aromatic rings. The van der Waals surface area contributed by atoms with Crippen LogP contribution < -0.4 is 4.90 Å². The highest BCUT2D eigenvalue weighted by Gasteiger charge is 2.15. The molecule has 0 bridgehead atoms. The Morgan fingerprint density at radius 3 is 2.35 bits per heavy atom. The lowest BCUT2D eigenvalue weighted by molar-refractivity contribution is 0.570. The first-order valence-corrected chi connectivity index (χ1v) is 7.39. The van der Waals surface area contributed by atoms with Crippen molar-refractivity contribution in [1.29, 1.82) is 0 Å². The van der Waals surface area contributed by atoms with Crippen LogP contribution in [0.3, 0.4) is 0 Å². The Hall–Kier alpha value is -0.210. The number of benzene rings is 1. The summed E-state index contributed by atoms with van der Waals surface area (Å²) < 4.78 is 1.11. The predicted octanol–water partition coefficient (Wildman–Crippen LogP) is 5.06. The van der Waals surface area contributed by atoms with E-state index >= 15 is 0 Å². The second-order valence-corrected chi connectivity index (χ2v) is 6.23. The van der Waals surface area contributed by atoms with E-state index in [0.717, 1.165) is 11.0 Å². The van der Waals surface area contributed by atoms with E-state index in [1.165, 1.54) is 11.3 Å². The van der Waals surface area contributed by atoms with E-state index in [-0.39, 0.29) is 0 Å². The fourth-order valence-corrected chi connectivity index (χ4v) is 2.47. The van der Waals surface area contributed by atoms with Gasteiger partial charge in [-0.1, -0.05) is 35.8 Å². The normalized spacial score (nSPS) is 11.3. The molecule has 0 aliphatic heterocycles. The maximum absolute atomic E-state index is 6.03. The summed E-state index contributed by atoms with van der Waals surface area (Å²) in [6.07, 6.45) is 0. The van der Waals surface area contributed by atoms with Crippen LogP contribution in [0.4, 0.5) is 5.69 Å². The molecule has 0 fully saturated rings. The van der Waals surface area contributed by atoms with Crippen LogP contribution in [0.1, 0.15) is 33.3 Å². The molecule has 0 aliphatic carbocycles. The molecule has 1 rings (SSSR count). The summed E-state index contributed by atoms with van der Waals surface area (Å²) in [5.41, 5.74) is 2.45. The molecule has 0 aromatic heterocycles. The van der Waals surface area contributed by atoms with Crippen LogP contribution in [0.15, 0.2) is 22.7 Å². The van der Waals surface area contributed by atoms with Crippen molar-refractivity contribution in [2.24, 2.45) is 5.92 Å². The molecule has 0 aliphatic rings. The minimum Gasteiger partial charge on any atom is -0.369 e. The van der Waals surface area contributed by atoms with E-state index < -0.39 is 0 Å². The third-order valence-electron chi connectivity index (χ3n) is 2.69. The third-order valence-corrected chi connectivity index (χ3v) is 3.47. The lowest BCUT2D eigenvalue weighted by Gasteiger charge is -2.32. The number of halogens is 2. The van der Waals surface area contributed by atoms with Crippen LogP contribution in [0.25, 0.3) is 0 Å². The first-order chi connectivity index (χ1) is 7.95. The van der Waals surface area contributed by atoms with Gasteiger partial charge in [0, 0.05) is 28.6 Å². The molecule has 1 aromatic carbocycles. The number of hydrogen-bond acceptors (Lipinski definition) is 1. The van der Waals surface area contributed by atoms with Crippen LogP contribution >= 0.6 is 27.5 Å². The zero-order valence-corrected chi connectivity index (χ0v) is 13.3. The average molecular weight is 319 g/mol. The lowest BCUT2D eigenvalue weighted by atomic mass is 10.1. The van der Waals surface area contributed by atoms with Gasteiger partial charge in [-0.2, -0.15) is 0 Å². The van der Waals surface area contributed by atoms with Gasteiger partial charge >= 0.3 is 0 Å². The number of alkyl halides is 1. The van der Waals surface area contributed by atoms with Crippen molar-refractivity contribution in [2.45, 2.75) is 39.6 Å². The van der Waals surface area contributed by atoms with Crippen LogP contribution in [-0.4, -0.2) is 12.6 Å². The summed E-state index contributed by atoms with van der Waals surface area (Å²) in [6, 6.07) is 6.80. The summed E-state index contributed by atoms with van der Waals surface area (Å²) in [5, 5.41) is 0. The van der Waals surface area contributed by atoms with Gasteiger partial charge in [-0.15, -0.1) is 11.6 Å². The molecule has 0 amide bonds. The van der Waals surface area contributed by atoms with E-state index in [0.29, 0.717) is 17.8 Å². The van der Waals surface area contributed by atoms with Gasteiger partial charge in [0.1, 0.15) is 0 Å². The zero-order chi connectivity index (χ0) is 13.0. The minimum absolute atomic E-state index is 0.480. The fraction of sp³-hybridized carbons (Fsp3) is 0.571. The smallest absolute Gasteiger partial charge is 0.0494 e. The van der Waals surface area contributed by atoms with Gasteiger partial charge in [0.2, 0.25) is 0 Å². The standard InChI is InChI=1S/C14H21BrClN/c1-10(2)9-17(11(3)4)14-7-13(15)6-5-12(14)8-16/h5-7,10-11H,8-9H2,1-4H3. The van der Waals surface area contributed by atoms with Gasteiger partial charge in [0.15, 0.2) is 0 Å². The molecule has 0 saturated heterocycles. The highest BCUT2D eigenvalue weighted by atomic mass is 79.9. The Balaban J connectivity index is 3.11. The molecule has 1 nitrogen and oxygen atoms in total. The fourth-order valence-electron chi connectivity index (χ4n) is 1.90. The first-order valence-electron chi connectivity index (χ1n) is 6.06. The number of rotatable bonds is 5.